The molecule has 4 rings (SSSR count). The predicted molar refractivity (Wildman–Crippen MR) is 103 cm³/mol. The van der Waals surface area contributed by atoms with E-state index in [-0.39, 0.29) is 17.3 Å². The number of hydrogen-bond donors (Lipinski definition) is 0. The van der Waals surface area contributed by atoms with Gasteiger partial charge in [0.2, 0.25) is 5.82 Å². The molecule has 0 fully saturated rings. The molecule has 0 amide bonds. The minimum atomic E-state index is -4.95. The van der Waals surface area contributed by atoms with Gasteiger partial charge < -0.3 is 9.26 Å². The normalized spacial score (nSPS) is 14.2. The highest BCUT2D eigenvalue weighted by Crippen LogP contribution is 2.39. The van der Waals surface area contributed by atoms with Gasteiger partial charge in [-0.3, -0.25) is 4.99 Å². The van der Waals surface area contributed by atoms with Crippen LogP contribution in [-0.4, -0.2) is 29.1 Å². The van der Waals surface area contributed by atoms with Crippen molar-refractivity contribution in [2.45, 2.75) is 31.6 Å². The number of benzene rings is 2. The Morgan fingerprint density at radius 2 is 1.75 bits per heavy atom. The molecule has 0 spiro atoms. The number of hydrogen-bond acceptors (Lipinski definition) is 5. The van der Waals surface area contributed by atoms with Crippen molar-refractivity contribution in [2.24, 2.45) is 4.99 Å². The largest absolute Gasteiger partial charge is 0.483 e. The molecule has 1 aromatic heterocycles. The number of nitrogens with zero attached hydrogens (tertiary/aromatic N) is 3. The molecule has 2 aromatic carbocycles. The fourth-order valence-electron chi connectivity index (χ4n) is 3.21. The van der Waals surface area contributed by atoms with E-state index < -0.39 is 30.3 Å². The lowest BCUT2D eigenvalue weighted by atomic mass is 10.0. The van der Waals surface area contributed by atoms with Crippen molar-refractivity contribution in [1.29, 1.82) is 0 Å². The van der Waals surface area contributed by atoms with Crippen LogP contribution in [0.1, 0.15) is 24.0 Å². The Labute approximate surface area is 177 Å². The zero-order chi connectivity index (χ0) is 22.9. The van der Waals surface area contributed by atoms with E-state index in [1.165, 1.54) is 0 Å². The summed E-state index contributed by atoms with van der Waals surface area (Å²) in [6, 6.07) is 7.96. The first-order chi connectivity index (χ1) is 15.1. The molecule has 1 aliphatic heterocycles. The highest BCUT2D eigenvalue weighted by molar-refractivity contribution is 5.71. The smallest absolute Gasteiger partial charge is 0.422 e. The summed E-state index contributed by atoms with van der Waals surface area (Å²) >= 11 is 0. The van der Waals surface area contributed by atoms with E-state index >= 15 is 0 Å². The van der Waals surface area contributed by atoms with Gasteiger partial charge >= 0.3 is 12.4 Å². The minimum Gasteiger partial charge on any atom is -0.483 e. The molecule has 11 heteroatoms. The van der Waals surface area contributed by atoms with Crippen LogP contribution in [0.3, 0.4) is 0 Å². The molecule has 3 aromatic rings. The van der Waals surface area contributed by atoms with Gasteiger partial charge in [-0.05, 0) is 49.1 Å². The number of ether oxygens (including phenoxy) is 1. The number of rotatable bonds is 4. The van der Waals surface area contributed by atoms with Crippen molar-refractivity contribution < 1.29 is 35.6 Å². The third-order valence-electron chi connectivity index (χ3n) is 4.70. The highest BCUT2D eigenvalue weighted by atomic mass is 19.4. The van der Waals surface area contributed by atoms with Crippen LogP contribution >= 0.6 is 0 Å². The van der Waals surface area contributed by atoms with Gasteiger partial charge in [0.1, 0.15) is 5.75 Å². The predicted octanol–water partition coefficient (Wildman–Crippen LogP) is 6.40. The number of halogens is 6. The van der Waals surface area contributed by atoms with Gasteiger partial charge in [-0.2, -0.15) is 31.3 Å². The second-order valence-electron chi connectivity index (χ2n) is 7.08. The molecule has 168 valence electrons. The maximum absolute atomic E-state index is 13.4. The molecule has 2 heterocycles. The monoisotopic (exact) mass is 455 g/mol. The van der Waals surface area contributed by atoms with E-state index in [1.54, 1.807) is 12.1 Å². The second kappa shape index (κ2) is 8.29. The number of aliphatic imine (C=N–C) groups is 1. The standard InChI is InChI=1S/C21H15F6N3O2/c22-20(23,24)11-31-17-7-6-14(9-15(17)21(25,26)27)19-29-18(30-32-19)13-5-4-12-3-1-2-8-28-16(12)10-13/h4-10H,1-3,11H2. The summed E-state index contributed by atoms with van der Waals surface area (Å²) in [5.74, 6) is -1.01. The lowest BCUT2D eigenvalue weighted by molar-refractivity contribution is -0.158. The van der Waals surface area contributed by atoms with Crippen LogP contribution in [0.4, 0.5) is 32.0 Å². The third kappa shape index (κ3) is 4.92. The molecule has 0 aliphatic carbocycles. The molecule has 0 atom stereocenters. The van der Waals surface area contributed by atoms with Gasteiger partial charge in [-0.1, -0.05) is 17.3 Å². The van der Waals surface area contributed by atoms with Crippen LogP contribution in [0.2, 0.25) is 0 Å². The SMILES string of the molecule is FC(F)(F)COc1ccc(-c2nc(-c3ccc4c(c3)N=CCCC4)no2)cc1C(F)(F)F. The molecule has 0 bridgehead atoms. The average Bonchev–Trinajstić information content (AvgIpc) is 3.10. The fourth-order valence-corrected chi connectivity index (χ4v) is 3.21. The molecule has 0 radical (unpaired) electrons. The van der Waals surface area contributed by atoms with Crippen LogP contribution < -0.4 is 4.74 Å². The van der Waals surface area contributed by atoms with Crippen LogP contribution in [0.5, 0.6) is 5.75 Å². The van der Waals surface area contributed by atoms with Crippen LogP contribution in [-0.2, 0) is 12.6 Å². The average molecular weight is 455 g/mol. The number of aromatic nitrogens is 2. The van der Waals surface area contributed by atoms with Crippen LogP contribution in [0, 0.1) is 0 Å². The Bertz CT molecular complexity index is 1150. The summed E-state index contributed by atoms with van der Waals surface area (Å²) in [4.78, 5) is 8.53. The van der Waals surface area contributed by atoms with E-state index in [2.05, 4.69) is 19.9 Å². The minimum absolute atomic E-state index is 0.108. The summed E-state index contributed by atoms with van der Waals surface area (Å²) in [5.41, 5.74) is 0.910. The molecule has 1 aliphatic rings. The van der Waals surface area contributed by atoms with Crippen molar-refractivity contribution in [2.75, 3.05) is 6.61 Å². The van der Waals surface area contributed by atoms with Gasteiger partial charge in [0, 0.05) is 17.3 Å². The molecule has 5 nitrogen and oxygen atoms in total. The van der Waals surface area contributed by atoms with E-state index in [0.717, 1.165) is 42.6 Å². The van der Waals surface area contributed by atoms with Crippen molar-refractivity contribution >= 4 is 11.9 Å². The van der Waals surface area contributed by atoms with E-state index in [9.17, 15) is 26.3 Å². The summed E-state index contributed by atoms with van der Waals surface area (Å²) < 4.78 is 86.7. The summed E-state index contributed by atoms with van der Waals surface area (Å²) in [7, 11) is 0. The van der Waals surface area contributed by atoms with Crippen LogP contribution in [0.15, 0.2) is 45.9 Å². The molecule has 0 unspecified atom stereocenters. The van der Waals surface area contributed by atoms with E-state index in [4.69, 9.17) is 4.52 Å². The quantitative estimate of drug-likeness (QED) is 0.427. The van der Waals surface area contributed by atoms with Crippen molar-refractivity contribution in [1.82, 2.24) is 10.1 Å². The highest BCUT2D eigenvalue weighted by Gasteiger charge is 2.37. The molecular formula is C21H15F6N3O2. The third-order valence-corrected chi connectivity index (χ3v) is 4.70. The Hall–Kier alpha value is -3.37. The van der Waals surface area contributed by atoms with Gasteiger partial charge in [-0.15, -0.1) is 0 Å². The van der Waals surface area contributed by atoms with Crippen LogP contribution in [0.25, 0.3) is 22.8 Å². The Morgan fingerprint density at radius 1 is 0.969 bits per heavy atom. The molecular weight excluding hydrogens is 440 g/mol. The van der Waals surface area contributed by atoms with Crippen molar-refractivity contribution in [3.05, 3.63) is 47.5 Å². The van der Waals surface area contributed by atoms with Gasteiger partial charge in [0.05, 0.1) is 11.3 Å². The van der Waals surface area contributed by atoms with Crippen molar-refractivity contribution in [3.63, 3.8) is 0 Å². The molecule has 0 saturated carbocycles. The molecule has 32 heavy (non-hydrogen) atoms. The Morgan fingerprint density at radius 3 is 2.50 bits per heavy atom. The first-order valence-corrected chi connectivity index (χ1v) is 9.51. The fraction of sp³-hybridized carbons (Fsp3) is 0.286. The first kappa shape index (κ1) is 21.8. The number of aryl methyl sites for hydroxylation is 1. The summed E-state index contributed by atoms with van der Waals surface area (Å²) in [5, 5.41) is 3.82. The Balaban J connectivity index is 1.65. The lowest BCUT2D eigenvalue weighted by Crippen LogP contribution is -2.20. The first-order valence-electron chi connectivity index (χ1n) is 9.51. The Kier molecular flexibility index (Phi) is 5.66. The molecule has 0 saturated heterocycles. The lowest BCUT2D eigenvalue weighted by Gasteiger charge is -2.15. The zero-order valence-corrected chi connectivity index (χ0v) is 16.3. The van der Waals surface area contributed by atoms with Gasteiger partial charge in [-0.25, -0.2) is 0 Å². The summed E-state index contributed by atoms with van der Waals surface area (Å²) in [6.07, 6.45) is -5.20. The summed E-state index contributed by atoms with van der Waals surface area (Å²) in [6.45, 7) is -1.85. The zero-order valence-electron chi connectivity index (χ0n) is 16.3. The second-order valence-corrected chi connectivity index (χ2v) is 7.08. The maximum Gasteiger partial charge on any atom is 0.422 e. The topological polar surface area (TPSA) is 60.5 Å². The van der Waals surface area contributed by atoms with E-state index in [1.807, 2.05) is 12.3 Å². The van der Waals surface area contributed by atoms with Gasteiger partial charge in [0.15, 0.2) is 6.61 Å². The number of alkyl halides is 6. The number of fused-ring (bicyclic) bond motifs is 1. The molecule has 0 N–H and O–H groups in total. The van der Waals surface area contributed by atoms with E-state index in [0.29, 0.717) is 11.6 Å². The van der Waals surface area contributed by atoms with Crippen molar-refractivity contribution in [3.8, 4) is 28.6 Å². The van der Waals surface area contributed by atoms with Gasteiger partial charge in [0.25, 0.3) is 5.89 Å². The maximum atomic E-state index is 13.4.